The molecule has 1 aromatic heterocycles. The van der Waals surface area contributed by atoms with E-state index in [0.29, 0.717) is 70.2 Å². The molecule has 0 atom stereocenters. The van der Waals surface area contributed by atoms with Crippen molar-refractivity contribution in [3.8, 4) is 28.7 Å². The van der Waals surface area contributed by atoms with E-state index in [1.165, 1.54) is 0 Å². The van der Waals surface area contributed by atoms with E-state index in [4.69, 9.17) is 36.3 Å². The van der Waals surface area contributed by atoms with Crippen LogP contribution in [0.5, 0.6) is 28.7 Å². The second kappa shape index (κ2) is 11.8. The number of halogens is 1. The maximum absolute atomic E-state index is 12.1. The summed E-state index contributed by atoms with van der Waals surface area (Å²) < 4.78 is 24.5. The SMILES string of the molecule is CC1(N)CCN(CCCOc2cc3nccc(Oc4ccc(NC(=O)NC5CC5)c(Cl)c4)c3c3c2OCCO3)CC1. The number of nitrogens with zero attached hydrogens (tertiary/aromatic N) is 2. The molecule has 1 saturated carbocycles. The van der Waals surface area contributed by atoms with Crippen LogP contribution in [0.15, 0.2) is 36.5 Å². The van der Waals surface area contributed by atoms with Crippen molar-refractivity contribution < 1.29 is 23.7 Å². The van der Waals surface area contributed by atoms with Gasteiger partial charge >= 0.3 is 6.03 Å². The van der Waals surface area contributed by atoms with Gasteiger partial charge in [0, 0.05) is 36.5 Å². The van der Waals surface area contributed by atoms with Crippen LogP contribution in [0.3, 0.4) is 0 Å². The van der Waals surface area contributed by atoms with Crippen molar-refractivity contribution in [1.29, 1.82) is 0 Å². The van der Waals surface area contributed by atoms with Gasteiger partial charge in [0.15, 0.2) is 11.5 Å². The summed E-state index contributed by atoms with van der Waals surface area (Å²) in [6.07, 6.45) is 6.61. The maximum Gasteiger partial charge on any atom is 0.319 e. The number of aromatic nitrogens is 1. The first-order chi connectivity index (χ1) is 19.8. The van der Waals surface area contributed by atoms with Crippen LogP contribution in [0.1, 0.15) is 39.0 Å². The molecule has 2 fully saturated rings. The number of hydrogen-bond donors (Lipinski definition) is 3. The van der Waals surface area contributed by atoms with Gasteiger partial charge in [-0.15, -0.1) is 0 Å². The van der Waals surface area contributed by atoms with E-state index < -0.39 is 0 Å². The maximum atomic E-state index is 12.1. The number of carbonyl (C=O) groups excluding carboxylic acids is 1. The van der Waals surface area contributed by atoms with Crippen molar-refractivity contribution in [2.45, 2.75) is 50.6 Å². The van der Waals surface area contributed by atoms with E-state index in [1.807, 2.05) is 6.07 Å². The van der Waals surface area contributed by atoms with Crippen molar-refractivity contribution in [1.82, 2.24) is 15.2 Å². The lowest BCUT2D eigenvalue weighted by Crippen LogP contribution is -2.48. The van der Waals surface area contributed by atoms with Crippen LogP contribution in [0.2, 0.25) is 5.02 Å². The molecule has 3 heterocycles. The standard InChI is InChI=1S/C30H36ClN5O5/c1-30(32)8-12-36(13-9-30)11-2-14-38-25-18-23-26(28-27(25)39-15-16-40-28)24(7-10-33-23)41-20-5-6-22(21(31)17-20)35-29(37)34-19-3-4-19/h5-7,10,17-19H,2-4,8-9,11-16,32H2,1H3,(H2,34,35,37). The Morgan fingerprint density at radius 1 is 1.15 bits per heavy atom. The summed E-state index contributed by atoms with van der Waals surface area (Å²) in [5.74, 6) is 2.76. The summed E-state index contributed by atoms with van der Waals surface area (Å²) in [4.78, 5) is 19.1. The second-order valence-electron chi connectivity index (χ2n) is 11.2. The van der Waals surface area contributed by atoms with Crippen molar-refractivity contribution in [3.05, 3.63) is 41.6 Å². The highest BCUT2D eigenvalue weighted by Crippen LogP contribution is 2.48. The number of fused-ring (bicyclic) bond motifs is 3. The van der Waals surface area contributed by atoms with Crippen LogP contribution in [0, 0.1) is 0 Å². The topological polar surface area (TPSA) is 120 Å². The number of rotatable bonds is 9. The Balaban J connectivity index is 1.16. The van der Waals surface area contributed by atoms with Gasteiger partial charge in [0.25, 0.3) is 0 Å². The monoisotopic (exact) mass is 581 g/mol. The highest BCUT2D eigenvalue weighted by molar-refractivity contribution is 6.33. The Bertz CT molecular complexity index is 1420. The largest absolute Gasteiger partial charge is 0.489 e. The van der Waals surface area contributed by atoms with Crippen molar-refractivity contribution in [3.63, 3.8) is 0 Å². The number of urea groups is 1. The van der Waals surface area contributed by atoms with Gasteiger partial charge in [-0.2, -0.15) is 0 Å². The van der Waals surface area contributed by atoms with E-state index in [9.17, 15) is 4.79 Å². The molecule has 3 aromatic rings. The molecule has 10 nitrogen and oxygen atoms in total. The van der Waals surface area contributed by atoms with Gasteiger partial charge in [0.2, 0.25) is 5.75 Å². The number of anilines is 1. The zero-order valence-corrected chi connectivity index (χ0v) is 24.0. The number of ether oxygens (including phenoxy) is 4. The molecular formula is C30H36ClN5O5. The number of amides is 2. The molecule has 1 aliphatic carbocycles. The molecule has 2 aliphatic heterocycles. The minimum absolute atomic E-state index is 0.0514. The van der Waals surface area contributed by atoms with Crippen LogP contribution < -0.4 is 35.3 Å². The molecule has 4 N–H and O–H groups in total. The predicted molar refractivity (Wildman–Crippen MR) is 158 cm³/mol. The van der Waals surface area contributed by atoms with Gasteiger partial charge in [0.1, 0.15) is 24.7 Å². The lowest BCUT2D eigenvalue weighted by molar-refractivity contribution is 0.152. The van der Waals surface area contributed by atoms with Crippen molar-refractivity contribution in [2.24, 2.45) is 5.73 Å². The summed E-state index contributed by atoms with van der Waals surface area (Å²) in [5, 5.41) is 6.72. The molecule has 0 radical (unpaired) electrons. The number of benzene rings is 2. The predicted octanol–water partition coefficient (Wildman–Crippen LogP) is 5.32. The number of hydrogen-bond acceptors (Lipinski definition) is 8. The number of nitrogens with one attached hydrogen (secondary N) is 2. The lowest BCUT2D eigenvalue weighted by atomic mass is 9.91. The van der Waals surface area contributed by atoms with E-state index in [-0.39, 0.29) is 17.6 Å². The summed E-state index contributed by atoms with van der Waals surface area (Å²) in [6, 6.07) is 8.76. The molecule has 0 bridgehead atoms. The van der Waals surface area contributed by atoms with Crippen LogP contribution in [0.25, 0.3) is 10.9 Å². The van der Waals surface area contributed by atoms with Gasteiger partial charge < -0.3 is 40.2 Å². The summed E-state index contributed by atoms with van der Waals surface area (Å²) in [6.45, 7) is 6.50. The Kier molecular flexibility index (Phi) is 7.96. The van der Waals surface area contributed by atoms with Gasteiger partial charge in [-0.1, -0.05) is 11.6 Å². The fourth-order valence-corrected chi connectivity index (χ4v) is 5.30. The first kappa shape index (κ1) is 27.7. The van der Waals surface area contributed by atoms with Crippen molar-refractivity contribution in [2.75, 3.05) is 44.8 Å². The molecule has 0 unspecified atom stereocenters. The number of likely N-dealkylation sites (tertiary alicyclic amines) is 1. The van der Waals surface area contributed by atoms with Gasteiger partial charge in [-0.05, 0) is 70.3 Å². The average molecular weight is 582 g/mol. The third-order valence-electron chi connectivity index (χ3n) is 7.65. The molecule has 1 saturated heterocycles. The highest BCUT2D eigenvalue weighted by Gasteiger charge is 2.27. The van der Waals surface area contributed by atoms with Crippen LogP contribution in [-0.2, 0) is 0 Å². The van der Waals surface area contributed by atoms with Gasteiger partial charge in [0.05, 0.1) is 28.2 Å². The fraction of sp³-hybridized carbons (Fsp3) is 0.467. The third kappa shape index (κ3) is 6.72. The van der Waals surface area contributed by atoms with Crippen LogP contribution in [-0.4, -0.2) is 67.0 Å². The minimum Gasteiger partial charge on any atom is -0.489 e. The molecular weight excluding hydrogens is 546 g/mol. The number of nitrogens with two attached hydrogens (primary N) is 1. The fourth-order valence-electron chi connectivity index (χ4n) is 5.08. The molecule has 2 aromatic carbocycles. The van der Waals surface area contributed by atoms with E-state index in [2.05, 4.69) is 27.4 Å². The van der Waals surface area contributed by atoms with E-state index in [1.54, 1.807) is 30.5 Å². The van der Waals surface area contributed by atoms with Gasteiger partial charge in [-0.25, -0.2) is 4.79 Å². The zero-order chi connectivity index (χ0) is 28.4. The second-order valence-corrected chi connectivity index (χ2v) is 11.7. The van der Waals surface area contributed by atoms with E-state index >= 15 is 0 Å². The molecule has 0 spiro atoms. The third-order valence-corrected chi connectivity index (χ3v) is 7.96. The summed E-state index contributed by atoms with van der Waals surface area (Å²) in [5.41, 5.74) is 7.39. The highest BCUT2D eigenvalue weighted by atomic mass is 35.5. The van der Waals surface area contributed by atoms with Crippen molar-refractivity contribution >= 4 is 34.2 Å². The molecule has 218 valence electrons. The molecule has 2 amide bonds. The lowest BCUT2D eigenvalue weighted by Gasteiger charge is -2.36. The first-order valence-corrected chi connectivity index (χ1v) is 14.6. The number of piperidine rings is 1. The summed E-state index contributed by atoms with van der Waals surface area (Å²) in [7, 11) is 0. The minimum atomic E-state index is -0.268. The average Bonchev–Trinajstić information content (AvgIpc) is 3.77. The summed E-state index contributed by atoms with van der Waals surface area (Å²) >= 11 is 6.46. The normalized spacial score (nSPS) is 18.1. The van der Waals surface area contributed by atoms with Crippen LogP contribution in [0.4, 0.5) is 10.5 Å². The van der Waals surface area contributed by atoms with Gasteiger partial charge in [-0.3, -0.25) is 4.98 Å². The quantitative estimate of drug-likeness (QED) is 0.291. The Hall–Kier alpha value is -3.47. The van der Waals surface area contributed by atoms with Crippen LogP contribution >= 0.6 is 11.6 Å². The number of carbonyl (C=O) groups is 1. The Morgan fingerprint density at radius 2 is 1.93 bits per heavy atom. The molecule has 6 rings (SSSR count). The van der Waals surface area contributed by atoms with E-state index in [0.717, 1.165) is 51.7 Å². The first-order valence-electron chi connectivity index (χ1n) is 14.2. The molecule has 3 aliphatic rings. The Labute approximate surface area is 244 Å². The smallest absolute Gasteiger partial charge is 0.319 e. The number of pyridine rings is 1. The zero-order valence-electron chi connectivity index (χ0n) is 23.2. The Morgan fingerprint density at radius 3 is 2.68 bits per heavy atom. The molecule has 11 heteroatoms. The molecule has 41 heavy (non-hydrogen) atoms.